The second kappa shape index (κ2) is 9.53. The van der Waals surface area contributed by atoms with Crippen LogP contribution >= 0.6 is 0 Å². The van der Waals surface area contributed by atoms with Crippen LogP contribution in [0.25, 0.3) is 0 Å². The molecule has 1 N–H and O–H groups in total. The summed E-state index contributed by atoms with van der Waals surface area (Å²) >= 11 is 0. The van der Waals surface area contributed by atoms with Crippen molar-refractivity contribution in [3.8, 4) is 5.75 Å². The van der Waals surface area contributed by atoms with E-state index >= 15 is 0 Å². The van der Waals surface area contributed by atoms with Gasteiger partial charge in [0.05, 0.1) is 5.56 Å². The van der Waals surface area contributed by atoms with Gasteiger partial charge >= 0.3 is 17.9 Å². The van der Waals surface area contributed by atoms with E-state index in [4.69, 9.17) is 14.2 Å². The third-order valence-corrected chi connectivity index (χ3v) is 6.15. The summed E-state index contributed by atoms with van der Waals surface area (Å²) in [5, 5.41) is 3.56. The van der Waals surface area contributed by atoms with Crippen LogP contribution < -0.4 is 10.1 Å². The molecule has 2 bridgehead atoms. The highest BCUT2D eigenvalue weighted by Gasteiger charge is 2.47. The second-order valence-electron chi connectivity index (χ2n) is 8.37. The number of piperidine rings is 1. The van der Waals surface area contributed by atoms with Gasteiger partial charge in [-0.1, -0.05) is 30.3 Å². The van der Waals surface area contributed by atoms with Crippen molar-refractivity contribution in [2.24, 2.45) is 5.92 Å². The highest BCUT2D eigenvalue weighted by molar-refractivity contribution is 5.93. The molecule has 2 heterocycles. The van der Waals surface area contributed by atoms with Gasteiger partial charge in [-0.15, -0.1) is 0 Å². The topological polar surface area (TPSA) is 90.9 Å². The molecule has 5 atom stereocenters. The van der Waals surface area contributed by atoms with Crippen LogP contribution in [0, 0.1) is 5.92 Å². The Balaban J connectivity index is 1.50. The molecule has 2 aliphatic heterocycles. The molecule has 0 saturated carbocycles. The van der Waals surface area contributed by atoms with Crippen molar-refractivity contribution in [1.82, 2.24) is 5.32 Å². The highest BCUT2D eigenvalue weighted by atomic mass is 16.6. The van der Waals surface area contributed by atoms with Crippen LogP contribution in [0.4, 0.5) is 0 Å². The number of fused-ring (bicyclic) bond motifs is 2. The minimum absolute atomic E-state index is 0.0915. The summed E-state index contributed by atoms with van der Waals surface area (Å²) in [4.78, 5) is 37.0. The van der Waals surface area contributed by atoms with Crippen LogP contribution in [-0.2, 0) is 14.3 Å². The number of rotatable bonds is 6. The van der Waals surface area contributed by atoms with Gasteiger partial charge in [0.15, 0.2) is 0 Å². The summed E-state index contributed by atoms with van der Waals surface area (Å²) in [5.41, 5.74) is 0.678. The molecule has 7 nitrogen and oxygen atoms in total. The Morgan fingerprint density at radius 3 is 2.44 bits per heavy atom. The van der Waals surface area contributed by atoms with Crippen LogP contribution in [0.1, 0.15) is 53.8 Å². The van der Waals surface area contributed by atoms with E-state index < -0.39 is 18.0 Å². The quantitative estimate of drug-likeness (QED) is 0.546. The van der Waals surface area contributed by atoms with E-state index in [1.165, 1.54) is 6.92 Å². The molecule has 7 heteroatoms. The van der Waals surface area contributed by atoms with Gasteiger partial charge in [0.25, 0.3) is 0 Å². The Bertz CT molecular complexity index is 991. The van der Waals surface area contributed by atoms with Crippen LogP contribution in [0.2, 0.25) is 0 Å². The summed E-state index contributed by atoms with van der Waals surface area (Å²) in [6.07, 6.45) is 1.72. The standard InChI is InChI=1S/C25H27NO6/c1-15(30-25(29)19-10-6-7-11-21(19)31-16(2)27)23-20-13-12-18(26-20)14-22(23)32-24(28)17-8-4-3-5-9-17/h3-11,15,18,20,22-23,26H,12-14H2,1-2H3/t15-,18-,20+,22-,23+/m0/s1. The maximum atomic E-state index is 12.9. The monoisotopic (exact) mass is 437 g/mol. The fourth-order valence-electron chi connectivity index (χ4n) is 4.76. The maximum Gasteiger partial charge on any atom is 0.342 e. The molecule has 0 radical (unpaired) electrons. The van der Waals surface area contributed by atoms with Crippen molar-refractivity contribution < 1.29 is 28.6 Å². The zero-order valence-corrected chi connectivity index (χ0v) is 18.2. The molecule has 0 amide bonds. The molecule has 0 unspecified atom stereocenters. The molecule has 0 spiro atoms. The van der Waals surface area contributed by atoms with Crippen molar-refractivity contribution in [3.63, 3.8) is 0 Å². The Kier molecular flexibility index (Phi) is 6.55. The van der Waals surface area contributed by atoms with Crippen molar-refractivity contribution >= 4 is 17.9 Å². The summed E-state index contributed by atoms with van der Waals surface area (Å²) < 4.78 is 16.9. The maximum absolute atomic E-state index is 12.9. The fraction of sp³-hybridized carbons (Fsp3) is 0.400. The van der Waals surface area contributed by atoms with Crippen LogP contribution in [0.15, 0.2) is 54.6 Å². The number of hydrogen-bond donors (Lipinski definition) is 1. The number of carbonyl (C=O) groups excluding carboxylic acids is 3. The first kappa shape index (κ1) is 22.0. The number of para-hydroxylation sites is 1. The SMILES string of the molecule is CC(=O)Oc1ccccc1C(=O)O[C@@H](C)[C@H]1[C@@H](OC(=O)c2ccccc2)C[C@@H]2CC[C@H]1N2. The van der Waals surface area contributed by atoms with E-state index in [-0.39, 0.29) is 41.4 Å². The largest absolute Gasteiger partial charge is 0.458 e. The van der Waals surface area contributed by atoms with E-state index in [2.05, 4.69) is 5.32 Å². The lowest BCUT2D eigenvalue weighted by molar-refractivity contribution is -0.131. The minimum atomic E-state index is -0.581. The first-order valence-corrected chi connectivity index (χ1v) is 10.9. The van der Waals surface area contributed by atoms with Gasteiger partial charge in [0, 0.05) is 31.3 Å². The van der Waals surface area contributed by atoms with E-state index in [9.17, 15) is 14.4 Å². The average molecular weight is 437 g/mol. The summed E-state index contributed by atoms with van der Waals surface area (Å²) in [6, 6.07) is 15.7. The second-order valence-corrected chi connectivity index (χ2v) is 8.37. The summed E-state index contributed by atoms with van der Waals surface area (Å²) in [6.45, 7) is 3.10. The Hall–Kier alpha value is -3.19. The van der Waals surface area contributed by atoms with Crippen molar-refractivity contribution in [3.05, 3.63) is 65.7 Å². The Labute approximate surface area is 187 Å². The van der Waals surface area contributed by atoms with Gasteiger partial charge < -0.3 is 19.5 Å². The Morgan fingerprint density at radius 1 is 0.969 bits per heavy atom. The predicted molar refractivity (Wildman–Crippen MR) is 116 cm³/mol. The molecule has 0 aliphatic carbocycles. The molecule has 2 aromatic rings. The summed E-state index contributed by atoms with van der Waals surface area (Å²) in [7, 11) is 0. The molecule has 0 aromatic heterocycles. The van der Waals surface area contributed by atoms with E-state index in [0.717, 1.165) is 12.8 Å². The summed E-state index contributed by atoms with van der Waals surface area (Å²) in [5.74, 6) is -1.50. The van der Waals surface area contributed by atoms with Crippen molar-refractivity contribution in [2.75, 3.05) is 0 Å². The molecule has 168 valence electrons. The zero-order valence-electron chi connectivity index (χ0n) is 18.2. The lowest BCUT2D eigenvalue weighted by Gasteiger charge is -2.39. The molecule has 32 heavy (non-hydrogen) atoms. The lowest BCUT2D eigenvalue weighted by atomic mass is 9.85. The first-order chi connectivity index (χ1) is 15.4. The van der Waals surface area contributed by atoms with Crippen LogP contribution in [-0.4, -0.2) is 42.2 Å². The molecule has 2 aliphatic rings. The molecule has 2 aromatic carbocycles. The van der Waals surface area contributed by atoms with Gasteiger partial charge in [0.1, 0.15) is 23.5 Å². The minimum Gasteiger partial charge on any atom is -0.458 e. The zero-order chi connectivity index (χ0) is 22.7. The average Bonchev–Trinajstić information content (AvgIpc) is 3.15. The highest BCUT2D eigenvalue weighted by Crippen LogP contribution is 2.37. The number of esters is 3. The number of benzene rings is 2. The molecular weight excluding hydrogens is 410 g/mol. The van der Waals surface area contributed by atoms with Gasteiger partial charge in [-0.2, -0.15) is 0 Å². The third kappa shape index (κ3) is 4.83. The predicted octanol–water partition coefficient (Wildman–Crippen LogP) is 3.52. The first-order valence-electron chi connectivity index (χ1n) is 10.9. The number of carbonyl (C=O) groups is 3. The normalized spacial score (nSPS) is 24.9. The molecular formula is C25H27NO6. The Morgan fingerprint density at radius 2 is 1.69 bits per heavy atom. The van der Waals surface area contributed by atoms with E-state index in [1.807, 2.05) is 13.0 Å². The fourth-order valence-corrected chi connectivity index (χ4v) is 4.76. The number of ether oxygens (including phenoxy) is 3. The smallest absolute Gasteiger partial charge is 0.342 e. The van der Waals surface area contributed by atoms with Crippen LogP contribution in [0.3, 0.4) is 0 Å². The van der Waals surface area contributed by atoms with Gasteiger partial charge in [-0.3, -0.25) is 4.79 Å². The van der Waals surface area contributed by atoms with Crippen molar-refractivity contribution in [1.29, 1.82) is 0 Å². The molecule has 2 fully saturated rings. The number of hydrogen-bond acceptors (Lipinski definition) is 7. The van der Waals surface area contributed by atoms with Gasteiger partial charge in [-0.05, 0) is 44.0 Å². The third-order valence-electron chi connectivity index (χ3n) is 6.15. The van der Waals surface area contributed by atoms with E-state index in [1.54, 1.807) is 48.5 Å². The van der Waals surface area contributed by atoms with E-state index in [0.29, 0.717) is 12.0 Å². The van der Waals surface area contributed by atoms with Gasteiger partial charge in [-0.25, -0.2) is 9.59 Å². The number of nitrogens with one attached hydrogen (secondary N) is 1. The van der Waals surface area contributed by atoms with Gasteiger partial charge in [0.2, 0.25) is 0 Å². The molecule has 2 saturated heterocycles. The van der Waals surface area contributed by atoms with Crippen LogP contribution in [0.5, 0.6) is 5.75 Å². The molecule has 4 rings (SSSR count). The lowest BCUT2D eigenvalue weighted by Crippen LogP contribution is -2.54. The van der Waals surface area contributed by atoms with Crippen molar-refractivity contribution in [2.45, 2.75) is 57.4 Å².